The fourth-order valence-electron chi connectivity index (χ4n) is 0.268. The molecule has 8 heavy (non-hydrogen) atoms. The van der Waals surface area contributed by atoms with Gasteiger partial charge in [-0.2, -0.15) is 0 Å². The lowest BCUT2D eigenvalue weighted by molar-refractivity contribution is -0.0287. The van der Waals surface area contributed by atoms with Crippen LogP contribution in [0.1, 0.15) is 0 Å². The van der Waals surface area contributed by atoms with E-state index in [4.69, 9.17) is 11.5 Å². The molecule has 0 aliphatic carbocycles. The first-order valence-corrected chi connectivity index (χ1v) is 2.29. The van der Waals surface area contributed by atoms with Crippen LogP contribution in [-0.2, 0) is 9.47 Å². The Morgan fingerprint density at radius 1 is 1.00 bits per heavy atom. The average molecular weight is 120 g/mol. The van der Waals surface area contributed by atoms with Crippen molar-refractivity contribution in [3.63, 3.8) is 0 Å². The maximum absolute atomic E-state index is 5.25. The van der Waals surface area contributed by atoms with Crippen molar-refractivity contribution in [2.75, 3.05) is 14.2 Å². The van der Waals surface area contributed by atoms with Crippen LogP contribution in [0.15, 0.2) is 0 Å². The Bertz CT molecular complexity index is 52.0. The first-order chi connectivity index (χ1) is 3.72. The summed E-state index contributed by atoms with van der Waals surface area (Å²) in [6.07, 6.45) is -1.06. The second kappa shape index (κ2) is 3.80. The van der Waals surface area contributed by atoms with E-state index in [9.17, 15) is 0 Å². The molecule has 0 radical (unpaired) electrons. The molecule has 0 fully saturated rings. The van der Waals surface area contributed by atoms with Gasteiger partial charge < -0.3 is 20.9 Å². The molecule has 0 rings (SSSR count). The Kier molecular flexibility index (Phi) is 3.72. The van der Waals surface area contributed by atoms with E-state index >= 15 is 0 Å². The normalized spacial score (nSPS) is 18.0. The van der Waals surface area contributed by atoms with Crippen molar-refractivity contribution in [1.82, 2.24) is 0 Å². The van der Waals surface area contributed by atoms with Crippen LogP contribution in [0.25, 0.3) is 0 Å². The molecular weight excluding hydrogens is 108 g/mol. The van der Waals surface area contributed by atoms with Crippen molar-refractivity contribution in [3.05, 3.63) is 0 Å². The van der Waals surface area contributed by atoms with E-state index in [1.165, 1.54) is 14.2 Å². The molecule has 4 heteroatoms. The zero-order valence-electron chi connectivity index (χ0n) is 5.13. The third-order valence-electron chi connectivity index (χ3n) is 0.868. The topological polar surface area (TPSA) is 70.5 Å². The highest BCUT2D eigenvalue weighted by atomic mass is 16.5. The van der Waals surface area contributed by atoms with Crippen LogP contribution >= 0.6 is 0 Å². The Morgan fingerprint density at radius 2 is 1.25 bits per heavy atom. The van der Waals surface area contributed by atoms with Gasteiger partial charge in [0.15, 0.2) is 0 Å². The number of hydrogen-bond acceptors (Lipinski definition) is 4. The molecule has 0 aromatic carbocycles. The molecule has 0 saturated heterocycles. The minimum Gasteiger partial charge on any atom is -0.363 e. The third kappa shape index (κ3) is 2.23. The van der Waals surface area contributed by atoms with Gasteiger partial charge in [-0.1, -0.05) is 0 Å². The van der Waals surface area contributed by atoms with Gasteiger partial charge in [-0.3, -0.25) is 0 Å². The van der Waals surface area contributed by atoms with E-state index in [2.05, 4.69) is 9.47 Å². The number of nitrogens with two attached hydrogens (primary N) is 2. The summed E-state index contributed by atoms with van der Waals surface area (Å²) in [5.74, 6) is 0. The predicted molar refractivity (Wildman–Crippen MR) is 30.0 cm³/mol. The quantitative estimate of drug-likeness (QED) is 0.461. The van der Waals surface area contributed by atoms with E-state index in [0.29, 0.717) is 0 Å². The zero-order valence-corrected chi connectivity index (χ0v) is 5.13. The summed E-state index contributed by atoms with van der Waals surface area (Å²) < 4.78 is 9.26. The molecule has 0 bridgehead atoms. The predicted octanol–water partition coefficient (Wildman–Crippen LogP) is -1.15. The highest BCUT2D eigenvalue weighted by molar-refractivity contribution is 4.52. The summed E-state index contributed by atoms with van der Waals surface area (Å²) in [5.41, 5.74) is 10.5. The molecule has 0 aliphatic heterocycles. The van der Waals surface area contributed by atoms with E-state index < -0.39 is 12.5 Å². The fourth-order valence-corrected chi connectivity index (χ4v) is 0.268. The summed E-state index contributed by atoms with van der Waals surface area (Å²) in [6.45, 7) is 0. The van der Waals surface area contributed by atoms with Gasteiger partial charge in [0.05, 0.1) is 0 Å². The Labute approximate surface area is 48.7 Å². The molecular formula is C4H12N2O2. The SMILES string of the molecule is COC(N)C(N)OC. The third-order valence-corrected chi connectivity index (χ3v) is 0.868. The van der Waals surface area contributed by atoms with Crippen LogP contribution in [0.4, 0.5) is 0 Å². The number of ether oxygens (including phenoxy) is 2. The minimum atomic E-state index is -0.528. The number of hydrogen-bond donors (Lipinski definition) is 2. The van der Waals surface area contributed by atoms with Crippen LogP contribution in [0.5, 0.6) is 0 Å². The Balaban J connectivity index is 3.29. The maximum Gasteiger partial charge on any atom is 0.145 e. The van der Waals surface area contributed by atoms with Gasteiger partial charge in [-0.15, -0.1) is 0 Å². The van der Waals surface area contributed by atoms with Crippen molar-refractivity contribution in [2.45, 2.75) is 12.5 Å². The van der Waals surface area contributed by atoms with E-state index in [1.807, 2.05) is 0 Å². The first kappa shape index (κ1) is 7.84. The molecule has 2 unspecified atom stereocenters. The van der Waals surface area contributed by atoms with Gasteiger partial charge in [-0.05, 0) is 0 Å². The standard InChI is InChI=1S/C4H12N2O2/c1-7-3(5)4(6)8-2/h3-4H,5-6H2,1-2H3. The Hall–Kier alpha value is -0.160. The van der Waals surface area contributed by atoms with E-state index in [-0.39, 0.29) is 0 Å². The molecule has 0 spiro atoms. The van der Waals surface area contributed by atoms with Crippen molar-refractivity contribution in [2.24, 2.45) is 11.5 Å². The molecule has 0 amide bonds. The summed E-state index contributed by atoms with van der Waals surface area (Å²) in [7, 11) is 2.95. The van der Waals surface area contributed by atoms with E-state index in [0.717, 1.165) is 0 Å². The summed E-state index contributed by atoms with van der Waals surface area (Å²) >= 11 is 0. The minimum absolute atomic E-state index is 0.528. The molecule has 0 aromatic rings. The van der Waals surface area contributed by atoms with Crippen LogP contribution < -0.4 is 11.5 Å². The summed E-state index contributed by atoms with van der Waals surface area (Å²) in [5, 5.41) is 0. The summed E-state index contributed by atoms with van der Waals surface area (Å²) in [6, 6.07) is 0. The van der Waals surface area contributed by atoms with Crippen molar-refractivity contribution < 1.29 is 9.47 Å². The van der Waals surface area contributed by atoms with Crippen LogP contribution in [0.3, 0.4) is 0 Å². The number of rotatable bonds is 3. The zero-order chi connectivity index (χ0) is 6.57. The molecule has 0 aromatic heterocycles. The van der Waals surface area contributed by atoms with Gasteiger partial charge in [0.1, 0.15) is 12.5 Å². The van der Waals surface area contributed by atoms with Crippen LogP contribution in [0, 0.1) is 0 Å². The highest BCUT2D eigenvalue weighted by Crippen LogP contribution is 1.85. The molecule has 0 saturated carbocycles. The largest absolute Gasteiger partial charge is 0.363 e. The maximum atomic E-state index is 5.25. The van der Waals surface area contributed by atoms with Crippen LogP contribution in [-0.4, -0.2) is 26.7 Å². The lowest BCUT2D eigenvalue weighted by Crippen LogP contribution is -2.43. The molecule has 0 aliphatic rings. The van der Waals surface area contributed by atoms with Crippen LogP contribution in [0.2, 0.25) is 0 Å². The molecule has 4 nitrogen and oxygen atoms in total. The van der Waals surface area contributed by atoms with Gasteiger partial charge in [0.2, 0.25) is 0 Å². The molecule has 4 N–H and O–H groups in total. The molecule has 50 valence electrons. The van der Waals surface area contributed by atoms with Gasteiger partial charge in [0.25, 0.3) is 0 Å². The van der Waals surface area contributed by atoms with Gasteiger partial charge >= 0.3 is 0 Å². The second-order valence-corrected chi connectivity index (χ2v) is 1.40. The monoisotopic (exact) mass is 120 g/mol. The van der Waals surface area contributed by atoms with Crippen molar-refractivity contribution in [1.29, 1.82) is 0 Å². The van der Waals surface area contributed by atoms with Crippen molar-refractivity contribution in [3.8, 4) is 0 Å². The molecule has 2 atom stereocenters. The first-order valence-electron chi connectivity index (χ1n) is 2.29. The lowest BCUT2D eigenvalue weighted by atomic mass is 10.5. The van der Waals surface area contributed by atoms with Gasteiger partial charge in [-0.25, -0.2) is 0 Å². The van der Waals surface area contributed by atoms with Crippen molar-refractivity contribution >= 4 is 0 Å². The second-order valence-electron chi connectivity index (χ2n) is 1.40. The fraction of sp³-hybridized carbons (Fsp3) is 1.00. The number of methoxy groups -OCH3 is 2. The van der Waals surface area contributed by atoms with E-state index in [1.54, 1.807) is 0 Å². The van der Waals surface area contributed by atoms with Gasteiger partial charge in [0, 0.05) is 14.2 Å². The summed E-state index contributed by atoms with van der Waals surface area (Å²) in [4.78, 5) is 0. The lowest BCUT2D eigenvalue weighted by Gasteiger charge is -2.15. The average Bonchev–Trinajstić information content (AvgIpc) is 1.84. The Morgan fingerprint density at radius 3 is 1.38 bits per heavy atom. The smallest absolute Gasteiger partial charge is 0.145 e. The highest BCUT2D eigenvalue weighted by Gasteiger charge is 2.08. The molecule has 0 heterocycles.